The Morgan fingerprint density at radius 1 is 0.912 bits per heavy atom. The third kappa shape index (κ3) is 6.87. The average molecular weight is 781 g/mol. The smallest absolute Gasteiger partial charge is 0.320 e. The number of piperazine rings is 2. The normalized spacial score (nSPS) is 25.5. The van der Waals surface area contributed by atoms with E-state index in [1.54, 1.807) is 11.0 Å². The Kier molecular flexibility index (Phi) is 9.61. The Morgan fingerprint density at radius 3 is 2.47 bits per heavy atom. The lowest BCUT2D eigenvalue weighted by atomic mass is 9.94. The Morgan fingerprint density at radius 2 is 1.70 bits per heavy atom. The van der Waals surface area contributed by atoms with E-state index in [-0.39, 0.29) is 48.0 Å². The molecule has 0 unspecified atom stereocenters. The molecule has 15 nitrogen and oxygen atoms in total. The van der Waals surface area contributed by atoms with E-state index in [0.717, 1.165) is 62.5 Å². The predicted octanol–water partition coefficient (Wildman–Crippen LogP) is 3.10. The van der Waals surface area contributed by atoms with Crippen molar-refractivity contribution in [3.63, 3.8) is 0 Å². The maximum atomic E-state index is 14.1. The molecule has 0 aliphatic carbocycles. The number of hydrogen-bond donors (Lipinski definition) is 3. The number of hydrogen-bond acceptors (Lipinski definition) is 11. The van der Waals surface area contributed by atoms with Crippen molar-refractivity contribution in [3.8, 4) is 17.0 Å². The van der Waals surface area contributed by atoms with Gasteiger partial charge in [-0.05, 0) is 74.9 Å². The lowest BCUT2D eigenvalue weighted by Crippen LogP contribution is -2.65. The second kappa shape index (κ2) is 14.8. The summed E-state index contributed by atoms with van der Waals surface area (Å²) in [7, 11) is 0. The van der Waals surface area contributed by atoms with Crippen molar-refractivity contribution in [2.24, 2.45) is 5.92 Å². The van der Waals surface area contributed by atoms with Gasteiger partial charge < -0.3 is 34.9 Å². The Balaban J connectivity index is 0.771. The van der Waals surface area contributed by atoms with Crippen molar-refractivity contribution in [1.29, 1.82) is 0 Å². The molecule has 6 aliphatic rings. The molecule has 300 valence electrons. The Bertz CT molecular complexity index is 2100. The van der Waals surface area contributed by atoms with Gasteiger partial charge in [0, 0.05) is 101 Å². The lowest BCUT2D eigenvalue weighted by molar-refractivity contribution is -0.136. The van der Waals surface area contributed by atoms with Gasteiger partial charge in [-0.15, -0.1) is 10.2 Å². The van der Waals surface area contributed by atoms with Gasteiger partial charge in [0.15, 0.2) is 17.4 Å². The molecule has 0 spiro atoms. The van der Waals surface area contributed by atoms with Crippen LogP contribution in [0.1, 0.15) is 55.5 Å². The highest BCUT2D eigenvalue weighted by Crippen LogP contribution is 2.38. The first kappa shape index (κ1) is 37.1. The number of phenols is 1. The molecule has 3 aromatic rings. The van der Waals surface area contributed by atoms with E-state index in [2.05, 4.69) is 60.3 Å². The monoisotopic (exact) mass is 780 g/mol. The van der Waals surface area contributed by atoms with Crippen LogP contribution in [-0.2, 0) is 16.1 Å². The molecule has 1 aromatic heterocycles. The highest BCUT2D eigenvalue weighted by atomic mass is 19.1. The number of para-hydroxylation sites is 1. The van der Waals surface area contributed by atoms with E-state index in [0.29, 0.717) is 62.1 Å². The van der Waals surface area contributed by atoms with Crippen molar-refractivity contribution in [2.75, 3.05) is 74.0 Å². The van der Waals surface area contributed by atoms with Crippen molar-refractivity contribution >= 4 is 40.9 Å². The van der Waals surface area contributed by atoms with Crippen LogP contribution in [0, 0.1) is 11.7 Å². The van der Waals surface area contributed by atoms with Crippen LogP contribution >= 0.6 is 0 Å². The molecule has 7 heterocycles. The standard InChI is InChI=1S/C41H49FN10O5/c1-24-19-47(21-26-10-12-48(13-11-26)28-7-6-27-22-51(40(56)31(27)16-28)34-8-9-36(53)44-39(34)55)20-25(2)52(24)41(57)49-14-15-50-29(23-49)18-43-38-35(50)17-33(45-46-38)30-4-3-5-32(42)37(30)54/h3-7,16-17,24-26,29,34,54H,8-15,18-23H2,1-2H3,(H,43,46)(H,44,53,55)/t24-,25+,29-,34+/m0/s1. The molecular weight excluding hydrogens is 732 g/mol. The van der Waals surface area contributed by atoms with E-state index >= 15 is 0 Å². The van der Waals surface area contributed by atoms with Gasteiger partial charge in [-0.3, -0.25) is 24.6 Å². The lowest BCUT2D eigenvalue weighted by Gasteiger charge is -2.50. The van der Waals surface area contributed by atoms with Crippen molar-refractivity contribution in [1.82, 2.24) is 35.1 Å². The number of carbonyl (C=O) groups is 4. The van der Waals surface area contributed by atoms with Crippen LogP contribution in [0.5, 0.6) is 5.75 Å². The first-order valence-corrected chi connectivity index (χ1v) is 20.2. The maximum absolute atomic E-state index is 14.1. The second-order valence-corrected chi connectivity index (χ2v) is 16.6. The topological polar surface area (TPSA) is 158 Å². The molecule has 0 bridgehead atoms. The van der Waals surface area contributed by atoms with E-state index in [4.69, 9.17) is 0 Å². The van der Waals surface area contributed by atoms with Gasteiger partial charge in [0.25, 0.3) is 5.91 Å². The number of phenolic OH excluding ortho intramolecular Hbond substituents is 1. The number of rotatable bonds is 5. The average Bonchev–Trinajstić information content (AvgIpc) is 3.53. The summed E-state index contributed by atoms with van der Waals surface area (Å²) in [5, 5.41) is 24.6. The number of aromatic hydroxyl groups is 1. The SMILES string of the molecule is C[C@@H]1CN(CC2CCN(c3ccc4c(c3)C(=O)N([C@@H]3CCC(=O)NC3=O)C4)CC2)C[C@H](C)N1C(=O)N1CCN2c3cc(-c4cccc(F)c4O)nnc3NC[C@H]2C1. The number of nitrogens with one attached hydrogen (secondary N) is 2. The number of anilines is 3. The molecule has 4 atom stereocenters. The van der Waals surface area contributed by atoms with Crippen LogP contribution in [0.15, 0.2) is 42.5 Å². The Labute approximate surface area is 330 Å². The number of aromatic nitrogens is 2. The van der Waals surface area contributed by atoms with Gasteiger partial charge in [0.1, 0.15) is 6.04 Å². The van der Waals surface area contributed by atoms with Gasteiger partial charge in [-0.2, -0.15) is 0 Å². The van der Waals surface area contributed by atoms with Gasteiger partial charge in [-0.25, -0.2) is 9.18 Å². The number of carbonyl (C=O) groups excluding carboxylic acids is 4. The number of fused-ring (bicyclic) bond motifs is 4. The minimum Gasteiger partial charge on any atom is -0.504 e. The van der Waals surface area contributed by atoms with E-state index in [1.165, 1.54) is 12.1 Å². The van der Waals surface area contributed by atoms with Gasteiger partial charge in [-0.1, -0.05) is 12.1 Å². The van der Waals surface area contributed by atoms with Crippen LogP contribution in [0.3, 0.4) is 0 Å². The number of halogens is 1. The van der Waals surface area contributed by atoms with Crippen molar-refractivity contribution < 1.29 is 28.7 Å². The fourth-order valence-corrected chi connectivity index (χ4v) is 9.92. The van der Waals surface area contributed by atoms with Crippen LogP contribution < -0.4 is 20.4 Å². The van der Waals surface area contributed by atoms with Crippen molar-refractivity contribution in [2.45, 2.75) is 70.2 Å². The number of amides is 5. The minimum atomic E-state index is -0.712. The van der Waals surface area contributed by atoms with E-state index < -0.39 is 23.5 Å². The van der Waals surface area contributed by atoms with Gasteiger partial charge in [0.05, 0.1) is 17.4 Å². The number of piperidine rings is 2. The molecule has 9 rings (SSSR count). The molecule has 16 heteroatoms. The summed E-state index contributed by atoms with van der Waals surface area (Å²) in [5.41, 5.74) is 4.08. The summed E-state index contributed by atoms with van der Waals surface area (Å²) >= 11 is 0. The molecule has 3 N–H and O–H groups in total. The number of imide groups is 1. The maximum Gasteiger partial charge on any atom is 0.320 e. The second-order valence-electron chi connectivity index (χ2n) is 16.6. The van der Waals surface area contributed by atoms with Crippen LogP contribution in [0.2, 0.25) is 0 Å². The molecule has 0 saturated carbocycles. The van der Waals surface area contributed by atoms with E-state index in [1.807, 2.05) is 23.1 Å². The Hall–Kier alpha value is -5.51. The molecule has 4 fully saturated rings. The first-order valence-electron chi connectivity index (χ1n) is 20.2. The van der Waals surface area contributed by atoms with Gasteiger partial charge >= 0.3 is 6.03 Å². The zero-order valence-electron chi connectivity index (χ0n) is 32.4. The summed E-state index contributed by atoms with van der Waals surface area (Å²) in [6, 6.07) is 11.8. The van der Waals surface area contributed by atoms with E-state index in [9.17, 15) is 28.7 Å². The largest absolute Gasteiger partial charge is 0.504 e. The first-order chi connectivity index (χ1) is 27.5. The molecule has 2 aromatic carbocycles. The zero-order valence-corrected chi connectivity index (χ0v) is 32.4. The highest BCUT2D eigenvalue weighted by Gasteiger charge is 2.42. The van der Waals surface area contributed by atoms with Crippen LogP contribution in [0.25, 0.3) is 11.3 Å². The third-order valence-electron chi connectivity index (χ3n) is 12.8. The summed E-state index contributed by atoms with van der Waals surface area (Å²) < 4.78 is 14.1. The molecule has 4 saturated heterocycles. The highest BCUT2D eigenvalue weighted by molar-refractivity contribution is 6.05. The summed E-state index contributed by atoms with van der Waals surface area (Å²) in [6.45, 7) is 11.4. The summed E-state index contributed by atoms with van der Waals surface area (Å²) in [6.07, 6.45) is 2.67. The molecule has 5 amide bonds. The van der Waals surface area contributed by atoms with Crippen LogP contribution in [0.4, 0.5) is 26.4 Å². The summed E-state index contributed by atoms with van der Waals surface area (Å²) in [4.78, 5) is 64.4. The summed E-state index contributed by atoms with van der Waals surface area (Å²) in [5.74, 6) is -0.826. The molecular formula is C41H49FN10O5. The fraction of sp³-hybridized carbons (Fsp3) is 0.512. The fourth-order valence-electron chi connectivity index (χ4n) is 9.92. The molecule has 6 aliphatic heterocycles. The van der Waals surface area contributed by atoms with Crippen LogP contribution in [-0.4, -0.2) is 142 Å². The van der Waals surface area contributed by atoms with Crippen molar-refractivity contribution in [3.05, 3.63) is 59.4 Å². The minimum absolute atomic E-state index is 0.0240. The molecule has 57 heavy (non-hydrogen) atoms. The van der Waals surface area contributed by atoms with Gasteiger partial charge in [0.2, 0.25) is 11.8 Å². The molecule has 0 radical (unpaired) electrons. The number of urea groups is 1. The third-order valence-corrected chi connectivity index (χ3v) is 12.8. The quantitative estimate of drug-likeness (QED) is 0.327. The predicted molar refractivity (Wildman–Crippen MR) is 210 cm³/mol. The zero-order chi connectivity index (χ0) is 39.5. The number of nitrogens with zero attached hydrogens (tertiary/aromatic N) is 8. The number of benzene rings is 2.